The van der Waals surface area contributed by atoms with Gasteiger partial charge in [-0.1, -0.05) is 23.7 Å². The van der Waals surface area contributed by atoms with Crippen molar-refractivity contribution in [1.82, 2.24) is 19.6 Å². The van der Waals surface area contributed by atoms with Crippen molar-refractivity contribution in [1.29, 1.82) is 0 Å². The lowest BCUT2D eigenvalue weighted by Crippen LogP contribution is -2.44. The quantitative estimate of drug-likeness (QED) is 0.790. The lowest BCUT2D eigenvalue weighted by Gasteiger charge is -2.33. The Balaban J connectivity index is 1.63. The highest BCUT2D eigenvalue weighted by atomic mass is 35.5. The average Bonchev–Trinajstić information content (AvgIpc) is 3.18. The van der Waals surface area contributed by atoms with Crippen molar-refractivity contribution < 1.29 is 9.59 Å². The summed E-state index contributed by atoms with van der Waals surface area (Å²) < 4.78 is 1.62. The normalized spacial score (nSPS) is 15.0. The second-order valence-electron chi connectivity index (χ2n) is 6.70. The minimum atomic E-state index is -0.0537. The van der Waals surface area contributed by atoms with Gasteiger partial charge in [-0.15, -0.1) is 0 Å². The molecule has 0 N–H and O–H groups in total. The van der Waals surface area contributed by atoms with Crippen LogP contribution in [0.1, 0.15) is 37.0 Å². The summed E-state index contributed by atoms with van der Waals surface area (Å²) in [5.74, 6) is 0.167. The molecule has 0 spiro atoms. The first kappa shape index (κ1) is 19.4. The number of hydrogen-bond acceptors (Lipinski definition) is 3. The number of aromatic nitrogens is 2. The molecule has 3 rings (SSSR count). The molecule has 2 amide bonds. The minimum Gasteiger partial charge on any atom is -0.343 e. The number of rotatable bonds is 5. The molecule has 0 unspecified atom stereocenters. The number of likely N-dealkylation sites (tertiary alicyclic amines) is 1. The zero-order valence-corrected chi connectivity index (χ0v) is 16.5. The molecular weight excluding hydrogens is 364 g/mol. The first-order chi connectivity index (χ1) is 13.0. The van der Waals surface area contributed by atoms with Crippen molar-refractivity contribution in [3.63, 3.8) is 0 Å². The predicted molar refractivity (Wildman–Crippen MR) is 105 cm³/mol. The molecule has 1 saturated heterocycles. The largest absolute Gasteiger partial charge is 0.343 e. The van der Waals surface area contributed by atoms with Crippen LogP contribution in [0, 0.1) is 5.92 Å². The minimum absolute atomic E-state index is 0.0137. The van der Waals surface area contributed by atoms with Gasteiger partial charge in [0.1, 0.15) is 0 Å². The second-order valence-corrected chi connectivity index (χ2v) is 7.11. The average molecular weight is 389 g/mol. The van der Waals surface area contributed by atoms with E-state index in [9.17, 15) is 9.59 Å². The molecule has 2 heterocycles. The zero-order chi connectivity index (χ0) is 19.4. The van der Waals surface area contributed by atoms with E-state index >= 15 is 0 Å². The van der Waals surface area contributed by atoms with Gasteiger partial charge >= 0.3 is 0 Å². The number of carbonyl (C=O) groups is 2. The lowest BCUT2D eigenvalue weighted by molar-refractivity contribution is -0.136. The molecule has 0 radical (unpaired) electrons. The van der Waals surface area contributed by atoms with Crippen LogP contribution in [-0.4, -0.2) is 57.6 Å². The number of hydrogen-bond donors (Lipinski definition) is 0. The summed E-state index contributed by atoms with van der Waals surface area (Å²) in [7, 11) is 0. The number of carbonyl (C=O) groups excluding carboxylic acids is 2. The Kier molecular flexibility index (Phi) is 6.16. The molecule has 0 aliphatic carbocycles. The standard InChI is InChI=1S/C20H25ClN4O2/c1-3-23(4-2)19(26)15-9-11-24(12-10-15)20(27)16-13-22-25(14-16)18-8-6-5-7-17(18)21/h5-8,13-15H,3-4,9-12H2,1-2H3. The maximum atomic E-state index is 12.8. The molecule has 2 aromatic rings. The van der Waals surface area contributed by atoms with Crippen LogP contribution in [0.2, 0.25) is 5.02 Å². The Morgan fingerprint density at radius 1 is 1.19 bits per heavy atom. The van der Waals surface area contributed by atoms with Crippen molar-refractivity contribution in [3.05, 3.63) is 47.2 Å². The first-order valence-electron chi connectivity index (χ1n) is 9.42. The highest BCUT2D eigenvalue weighted by Gasteiger charge is 2.30. The molecular formula is C20H25ClN4O2. The van der Waals surface area contributed by atoms with E-state index in [1.165, 1.54) is 0 Å². The predicted octanol–water partition coefficient (Wildman–Crippen LogP) is 3.25. The van der Waals surface area contributed by atoms with Crippen molar-refractivity contribution in [2.24, 2.45) is 5.92 Å². The van der Waals surface area contributed by atoms with Crippen LogP contribution < -0.4 is 0 Å². The fraction of sp³-hybridized carbons (Fsp3) is 0.450. The van der Waals surface area contributed by atoms with E-state index in [1.807, 2.05) is 36.9 Å². The Morgan fingerprint density at radius 3 is 2.48 bits per heavy atom. The van der Waals surface area contributed by atoms with Crippen LogP contribution in [0.15, 0.2) is 36.7 Å². The molecule has 0 saturated carbocycles. The SMILES string of the molecule is CCN(CC)C(=O)C1CCN(C(=O)c2cnn(-c3ccccc3Cl)c2)CC1. The molecule has 1 aliphatic heterocycles. The number of halogens is 1. The Hall–Kier alpha value is -2.34. The van der Waals surface area contributed by atoms with E-state index in [4.69, 9.17) is 11.6 Å². The third-order valence-electron chi connectivity index (χ3n) is 5.14. The van der Waals surface area contributed by atoms with Gasteiger partial charge in [-0.25, -0.2) is 4.68 Å². The van der Waals surface area contributed by atoms with Gasteiger partial charge in [-0.05, 0) is 38.8 Å². The van der Waals surface area contributed by atoms with Gasteiger partial charge in [-0.3, -0.25) is 9.59 Å². The highest BCUT2D eigenvalue weighted by molar-refractivity contribution is 6.32. The summed E-state index contributed by atoms with van der Waals surface area (Å²) >= 11 is 6.20. The number of piperidine rings is 1. The van der Waals surface area contributed by atoms with Crippen molar-refractivity contribution in [2.45, 2.75) is 26.7 Å². The zero-order valence-electron chi connectivity index (χ0n) is 15.8. The topological polar surface area (TPSA) is 58.4 Å². The fourth-order valence-electron chi connectivity index (χ4n) is 3.51. The first-order valence-corrected chi connectivity index (χ1v) is 9.80. The molecule has 1 aromatic heterocycles. The van der Waals surface area contributed by atoms with Crippen molar-refractivity contribution in [2.75, 3.05) is 26.2 Å². The molecule has 1 aliphatic rings. The molecule has 0 bridgehead atoms. The molecule has 6 nitrogen and oxygen atoms in total. The molecule has 1 aromatic carbocycles. The Labute approximate surface area is 164 Å². The molecule has 144 valence electrons. The van der Waals surface area contributed by atoms with E-state index in [1.54, 1.807) is 28.0 Å². The number of nitrogens with zero attached hydrogens (tertiary/aromatic N) is 4. The van der Waals surface area contributed by atoms with E-state index in [-0.39, 0.29) is 17.7 Å². The van der Waals surface area contributed by atoms with Gasteiger partial charge in [0.2, 0.25) is 5.91 Å². The molecule has 27 heavy (non-hydrogen) atoms. The van der Waals surface area contributed by atoms with Crippen LogP contribution in [0.4, 0.5) is 0 Å². The van der Waals surface area contributed by atoms with Crippen LogP contribution >= 0.6 is 11.6 Å². The number of para-hydroxylation sites is 1. The van der Waals surface area contributed by atoms with E-state index in [2.05, 4.69) is 5.10 Å². The smallest absolute Gasteiger partial charge is 0.257 e. The molecule has 1 fully saturated rings. The summed E-state index contributed by atoms with van der Waals surface area (Å²) in [4.78, 5) is 29.0. The summed E-state index contributed by atoms with van der Waals surface area (Å²) in [6.45, 7) is 6.64. The van der Waals surface area contributed by atoms with Crippen molar-refractivity contribution in [3.8, 4) is 5.69 Å². The van der Waals surface area contributed by atoms with Crippen LogP contribution in [0.5, 0.6) is 0 Å². The molecule has 0 atom stereocenters. The van der Waals surface area contributed by atoms with Crippen molar-refractivity contribution >= 4 is 23.4 Å². The summed E-state index contributed by atoms with van der Waals surface area (Å²) in [6, 6.07) is 7.37. The van der Waals surface area contributed by atoms with Crippen LogP contribution in [0.3, 0.4) is 0 Å². The van der Waals surface area contributed by atoms with E-state index in [0.717, 1.165) is 18.8 Å². The number of amides is 2. The van der Waals surface area contributed by atoms with Gasteiger partial charge in [-0.2, -0.15) is 5.10 Å². The van der Waals surface area contributed by atoms with Gasteiger partial charge in [0, 0.05) is 38.3 Å². The monoisotopic (exact) mass is 388 g/mol. The highest BCUT2D eigenvalue weighted by Crippen LogP contribution is 2.23. The third-order valence-corrected chi connectivity index (χ3v) is 5.45. The lowest BCUT2D eigenvalue weighted by atomic mass is 9.95. The van der Waals surface area contributed by atoms with E-state index < -0.39 is 0 Å². The van der Waals surface area contributed by atoms with Crippen LogP contribution in [0.25, 0.3) is 5.69 Å². The Morgan fingerprint density at radius 2 is 1.85 bits per heavy atom. The second kappa shape index (κ2) is 8.57. The summed E-state index contributed by atoms with van der Waals surface area (Å²) in [6.07, 6.45) is 4.69. The molecule has 7 heteroatoms. The van der Waals surface area contributed by atoms with Gasteiger partial charge in [0.15, 0.2) is 0 Å². The van der Waals surface area contributed by atoms with Gasteiger partial charge < -0.3 is 9.80 Å². The van der Waals surface area contributed by atoms with Gasteiger partial charge in [0.05, 0.1) is 22.5 Å². The fourth-order valence-corrected chi connectivity index (χ4v) is 3.73. The maximum absolute atomic E-state index is 12.8. The Bertz CT molecular complexity index is 808. The van der Waals surface area contributed by atoms with Crippen LogP contribution in [-0.2, 0) is 4.79 Å². The summed E-state index contributed by atoms with van der Waals surface area (Å²) in [5.41, 5.74) is 1.27. The number of benzene rings is 1. The third kappa shape index (κ3) is 4.16. The summed E-state index contributed by atoms with van der Waals surface area (Å²) in [5, 5.41) is 4.85. The van der Waals surface area contributed by atoms with E-state index in [0.29, 0.717) is 36.5 Å². The van der Waals surface area contributed by atoms with Gasteiger partial charge in [0.25, 0.3) is 5.91 Å². The maximum Gasteiger partial charge on any atom is 0.257 e.